The molecule has 0 saturated carbocycles. The van der Waals surface area contributed by atoms with Crippen molar-refractivity contribution in [2.24, 2.45) is 0 Å². The van der Waals surface area contributed by atoms with Gasteiger partial charge in [0.1, 0.15) is 11.6 Å². The summed E-state index contributed by atoms with van der Waals surface area (Å²) in [6.45, 7) is 5.51. The zero-order valence-corrected chi connectivity index (χ0v) is 13.4. The number of carbonyl (C=O) groups excluding carboxylic acids is 1. The molecule has 0 aliphatic heterocycles. The third-order valence-corrected chi connectivity index (χ3v) is 2.91. The van der Waals surface area contributed by atoms with Gasteiger partial charge in [-0.3, -0.25) is 0 Å². The molecule has 0 spiro atoms. The van der Waals surface area contributed by atoms with E-state index in [1.165, 1.54) is 4.90 Å². The second-order valence-corrected chi connectivity index (χ2v) is 5.17. The first kappa shape index (κ1) is 15.8. The standard InChI is InChI=1S/C16H19N3O3/c1-10-6-8-13(9-7-10)21-14-11(2)17-12(3)18-15(14)22-16(20)19(4)5/h6-9H,1-5H3. The Kier molecular flexibility index (Phi) is 4.60. The van der Waals surface area contributed by atoms with Gasteiger partial charge < -0.3 is 14.4 Å². The summed E-state index contributed by atoms with van der Waals surface area (Å²) in [5.41, 5.74) is 1.73. The van der Waals surface area contributed by atoms with Gasteiger partial charge in [0.05, 0.1) is 5.69 Å². The summed E-state index contributed by atoms with van der Waals surface area (Å²) in [5.74, 6) is 1.59. The largest absolute Gasteiger partial charge is 0.450 e. The lowest BCUT2D eigenvalue weighted by molar-refractivity contribution is 0.168. The van der Waals surface area contributed by atoms with Crippen molar-refractivity contribution in [3.8, 4) is 17.4 Å². The van der Waals surface area contributed by atoms with Crippen molar-refractivity contribution in [3.63, 3.8) is 0 Å². The molecule has 22 heavy (non-hydrogen) atoms. The predicted molar refractivity (Wildman–Crippen MR) is 82.5 cm³/mol. The minimum Gasteiger partial charge on any atom is -0.450 e. The number of hydrogen-bond donors (Lipinski definition) is 0. The highest BCUT2D eigenvalue weighted by atomic mass is 16.6. The van der Waals surface area contributed by atoms with Gasteiger partial charge in [-0.2, -0.15) is 4.98 Å². The molecule has 0 bridgehead atoms. The Hall–Kier alpha value is -2.63. The number of benzene rings is 1. The number of nitrogens with zero attached hydrogens (tertiary/aromatic N) is 3. The van der Waals surface area contributed by atoms with Crippen molar-refractivity contribution in [1.82, 2.24) is 14.9 Å². The molecule has 0 atom stereocenters. The summed E-state index contributed by atoms with van der Waals surface area (Å²) in [5, 5.41) is 0. The van der Waals surface area contributed by atoms with Crippen LogP contribution in [0, 0.1) is 20.8 Å². The number of rotatable bonds is 3. The Morgan fingerprint density at radius 2 is 1.68 bits per heavy atom. The summed E-state index contributed by atoms with van der Waals surface area (Å²) < 4.78 is 11.1. The Labute approximate surface area is 129 Å². The van der Waals surface area contributed by atoms with Crippen LogP contribution in [0.4, 0.5) is 4.79 Å². The van der Waals surface area contributed by atoms with E-state index in [4.69, 9.17) is 9.47 Å². The zero-order chi connectivity index (χ0) is 16.3. The Balaban J connectivity index is 2.36. The van der Waals surface area contributed by atoms with Crippen LogP contribution in [-0.4, -0.2) is 35.1 Å². The third-order valence-electron chi connectivity index (χ3n) is 2.91. The maximum atomic E-state index is 11.8. The van der Waals surface area contributed by atoms with Crippen molar-refractivity contribution in [3.05, 3.63) is 41.3 Å². The maximum absolute atomic E-state index is 11.8. The highest BCUT2D eigenvalue weighted by molar-refractivity contribution is 5.70. The molecule has 1 aromatic heterocycles. The number of aryl methyl sites for hydroxylation is 3. The Morgan fingerprint density at radius 3 is 2.27 bits per heavy atom. The molecule has 2 aromatic rings. The van der Waals surface area contributed by atoms with E-state index in [0.717, 1.165) is 5.56 Å². The van der Waals surface area contributed by atoms with Crippen LogP contribution in [0.25, 0.3) is 0 Å². The smallest absolute Gasteiger partial charge is 0.416 e. The highest BCUT2D eigenvalue weighted by Gasteiger charge is 2.18. The van der Waals surface area contributed by atoms with Gasteiger partial charge in [0.25, 0.3) is 5.88 Å². The monoisotopic (exact) mass is 301 g/mol. The fraction of sp³-hybridized carbons (Fsp3) is 0.312. The number of aromatic nitrogens is 2. The van der Waals surface area contributed by atoms with Crippen LogP contribution in [0.1, 0.15) is 17.1 Å². The molecule has 0 aliphatic rings. The summed E-state index contributed by atoms with van der Waals surface area (Å²) >= 11 is 0. The van der Waals surface area contributed by atoms with Crippen LogP contribution in [-0.2, 0) is 0 Å². The van der Waals surface area contributed by atoms with Crippen LogP contribution in [0.2, 0.25) is 0 Å². The molecule has 0 radical (unpaired) electrons. The number of hydrogen-bond acceptors (Lipinski definition) is 5. The molecule has 0 fully saturated rings. The summed E-state index contributed by atoms with van der Waals surface area (Å²) in [6, 6.07) is 7.55. The molecular formula is C16H19N3O3. The average molecular weight is 301 g/mol. The number of carbonyl (C=O) groups is 1. The van der Waals surface area contributed by atoms with E-state index in [1.807, 2.05) is 31.2 Å². The molecule has 6 nitrogen and oxygen atoms in total. The van der Waals surface area contributed by atoms with Crippen LogP contribution in [0.15, 0.2) is 24.3 Å². The van der Waals surface area contributed by atoms with Gasteiger partial charge in [-0.15, -0.1) is 0 Å². The van der Waals surface area contributed by atoms with Crippen LogP contribution >= 0.6 is 0 Å². The summed E-state index contributed by atoms with van der Waals surface area (Å²) in [6.07, 6.45) is -0.522. The van der Waals surface area contributed by atoms with Crippen molar-refractivity contribution >= 4 is 6.09 Å². The van der Waals surface area contributed by atoms with E-state index >= 15 is 0 Å². The quantitative estimate of drug-likeness (QED) is 0.870. The second-order valence-electron chi connectivity index (χ2n) is 5.17. The molecule has 116 valence electrons. The van der Waals surface area contributed by atoms with E-state index in [9.17, 15) is 4.79 Å². The van der Waals surface area contributed by atoms with Gasteiger partial charge >= 0.3 is 6.09 Å². The van der Waals surface area contributed by atoms with E-state index in [-0.39, 0.29) is 5.88 Å². The normalized spacial score (nSPS) is 10.2. The number of ether oxygens (including phenoxy) is 2. The van der Waals surface area contributed by atoms with Crippen LogP contribution in [0.5, 0.6) is 17.4 Å². The average Bonchev–Trinajstić information content (AvgIpc) is 2.44. The Morgan fingerprint density at radius 1 is 1.05 bits per heavy atom. The molecule has 0 saturated heterocycles. The van der Waals surface area contributed by atoms with E-state index in [2.05, 4.69) is 9.97 Å². The highest BCUT2D eigenvalue weighted by Crippen LogP contribution is 2.32. The van der Waals surface area contributed by atoms with E-state index in [0.29, 0.717) is 23.0 Å². The first-order chi connectivity index (χ1) is 10.4. The minimum absolute atomic E-state index is 0.115. The topological polar surface area (TPSA) is 64.6 Å². The first-order valence-corrected chi connectivity index (χ1v) is 6.85. The van der Waals surface area contributed by atoms with Gasteiger partial charge in [-0.1, -0.05) is 17.7 Å². The fourth-order valence-electron chi connectivity index (χ4n) is 1.76. The zero-order valence-electron chi connectivity index (χ0n) is 13.4. The van der Waals surface area contributed by atoms with Crippen molar-refractivity contribution in [2.45, 2.75) is 20.8 Å². The molecule has 6 heteroatoms. The van der Waals surface area contributed by atoms with Crippen molar-refractivity contribution < 1.29 is 14.3 Å². The Bertz CT molecular complexity index is 682. The minimum atomic E-state index is -0.522. The van der Waals surface area contributed by atoms with Crippen molar-refractivity contribution in [1.29, 1.82) is 0 Å². The van der Waals surface area contributed by atoms with Gasteiger partial charge in [0.15, 0.2) is 0 Å². The van der Waals surface area contributed by atoms with E-state index in [1.54, 1.807) is 27.9 Å². The molecule has 2 rings (SSSR count). The van der Waals surface area contributed by atoms with E-state index < -0.39 is 6.09 Å². The van der Waals surface area contributed by atoms with Gasteiger partial charge in [0.2, 0.25) is 5.75 Å². The van der Waals surface area contributed by atoms with Crippen LogP contribution < -0.4 is 9.47 Å². The lowest BCUT2D eigenvalue weighted by Crippen LogP contribution is -2.26. The van der Waals surface area contributed by atoms with Gasteiger partial charge in [0, 0.05) is 14.1 Å². The van der Waals surface area contributed by atoms with Crippen LogP contribution in [0.3, 0.4) is 0 Å². The predicted octanol–water partition coefficient (Wildman–Crippen LogP) is 3.25. The molecule has 0 aliphatic carbocycles. The molecule has 0 unspecified atom stereocenters. The first-order valence-electron chi connectivity index (χ1n) is 6.85. The third kappa shape index (κ3) is 3.72. The lowest BCUT2D eigenvalue weighted by Gasteiger charge is -2.15. The van der Waals surface area contributed by atoms with Crippen molar-refractivity contribution in [2.75, 3.05) is 14.1 Å². The number of amides is 1. The fourth-order valence-corrected chi connectivity index (χ4v) is 1.76. The van der Waals surface area contributed by atoms with Gasteiger partial charge in [-0.25, -0.2) is 9.78 Å². The molecule has 0 N–H and O–H groups in total. The lowest BCUT2D eigenvalue weighted by atomic mass is 10.2. The maximum Gasteiger partial charge on any atom is 0.416 e. The molecule has 1 aromatic carbocycles. The SMILES string of the molecule is Cc1ccc(Oc2c(C)nc(C)nc2OC(=O)N(C)C)cc1. The summed E-state index contributed by atoms with van der Waals surface area (Å²) in [7, 11) is 3.20. The molecular weight excluding hydrogens is 282 g/mol. The van der Waals surface area contributed by atoms with Gasteiger partial charge in [-0.05, 0) is 32.9 Å². The molecule has 1 amide bonds. The summed E-state index contributed by atoms with van der Waals surface area (Å²) in [4.78, 5) is 21.5. The second kappa shape index (κ2) is 6.43. The molecule has 1 heterocycles.